The van der Waals surface area contributed by atoms with Crippen LogP contribution < -0.4 is 9.64 Å². The molecule has 0 bridgehead atoms. The molecule has 1 aliphatic rings. The van der Waals surface area contributed by atoms with Gasteiger partial charge in [-0.2, -0.15) is 0 Å². The van der Waals surface area contributed by atoms with Gasteiger partial charge in [0.2, 0.25) is 0 Å². The summed E-state index contributed by atoms with van der Waals surface area (Å²) < 4.78 is 5.23. The van der Waals surface area contributed by atoms with Gasteiger partial charge in [0.05, 0.1) is 18.7 Å². The molecule has 162 valence electrons. The van der Waals surface area contributed by atoms with Crippen LogP contribution in [0.4, 0.5) is 5.69 Å². The molecular weight excluding hydrogens is 406 g/mol. The number of hydrogen-bond donors (Lipinski definition) is 2. The van der Waals surface area contributed by atoms with E-state index in [1.165, 1.54) is 24.1 Å². The van der Waals surface area contributed by atoms with Gasteiger partial charge in [-0.05, 0) is 66.9 Å². The first-order valence-corrected chi connectivity index (χ1v) is 10.1. The summed E-state index contributed by atoms with van der Waals surface area (Å²) in [6.45, 7) is 3.90. The van der Waals surface area contributed by atoms with Crippen LogP contribution in [0.5, 0.6) is 11.5 Å². The second kappa shape index (κ2) is 8.23. The van der Waals surface area contributed by atoms with E-state index < -0.39 is 17.7 Å². The first kappa shape index (κ1) is 21.2. The highest BCUT2D eigenvalue weighted by Crippen LogP contribution is 2.43. The van der Waals surface area contributed by atoms with Crippen molar-refractivity contribution in [2.75, 3.05) is 12.0 Å². The number of nitrogens with zero attached hydrogens (tertiary/aromatic N) is 1. The van der Waals surface area contributed by atoms with E-state index in [1.807, 2.05) is 26.0 Å². The zero-order valence-electron chi connectivity index (χ0n) is 18.0. The molecular formula is C26H23NO5. The molecule has 0 radical (unpaired) electrons. The van der Waals surface area contributed by atoms with Gasteiger partial charge in [0, 0.05) is 11.3 Å². The Morgan fingerprint density at radius 1 is 0.938 bits per heavy atom. The summed E-state index contributed by atoms with van der Waals surface area (Å²) in [5.74, 6) is -1.22. The number of Topliss-reactive ketones (excluding diaryl/α,β-unsaturated/α-hetero) is 1. The number of ketones is 1. The van der Waals surface area contributed by atoms with Gasteiger partial charge >= 0.3 is 0 Å². The summed E-state index contributed by atoms with van der Waals surface area (Å²) in [7, 11) is 1.51. The molecule has 6 nitrogen and oxygen atoms in total. The van der Waals surface area contributed by atoms with Crippen molar-refractivity contribution in [1.82, 2.24) is 0 Å². The molecule has 0 spiro atoms. The van der Waals surface area contributed by atoms with Crippen LogP contribution in [-0.2, 0) is 9.59 Å². The van der Waals surface area contributed by atoms with Crippen molar-refractivity contribution in [3.8, 4) is 11.5 Å². The second-order valence-corrected chi connectivity index (χ2v) is 7.76. The molecule has 1 aliphatic heterocycles. The number of carbonyl (C=O) groups excluding carboxylic acids is 2. The summed E-state index contributed by atoms with van der Waals surface area (Å²) in [6.07, 6.45) is 0. The average Bonchev–Trinajstić information content (AvgIpc) is 3.06. The molecule has 4 rings (SSSR count). The number of amides is 1. The third kappa shape index (κ3) is 3.60. The number of phenols is 1. The standard InChI is InChI=1S/C26H23NO5/c1-15-7-10-19(13-16(15)2)27-23(17-8-11-20(28)12-9-17)22(25(30)26(27)31)24(29)18-5-4-6-21(14-18)32-3/h4-14,23,28-29H,1-3H3/b24-22+. The number of phenolic OH excluding ortho intramolecular Hbond substituents is 1. The summed E-state index contributed by atoms with van der Waals surface area (Å²) in [5.41, 5.74) is 3.52. The van der Waals surface area contributed by atoms with Crippen LogP contribution in [0.2, 0.25) is 0 Å². The predicted molar refractivity (Wildman–Crippen MR) is 122 cm³/mol. The van der Waals surface area contributed by atoms with E-state index in [0.29, 0.717) is 22.6 Å². The van der Waals surface area contributed by atoms with Gasteiger partial charge in [-0.1, -0.05) is 30.3 Å². The molecule has 1 saturated heterocycles. The lowest BCUT2D eigenvalue weighted by Crippen LogP contribution is -2.29. The normalized spacial score (nSPS) is 17.6. The zero-order valence-corrected chi connectivity index (χ0v) is 18.0. The van der Waals surface area contributed by atoms with Crippen molar-refractivity contribution < 1.29 is 24.5 Å². The van der Waals surface area contributed by atoms with Gasteiger partial charge in [0.1, 0.15) is 17.3 Å². The van der Waals surface area contributed by atoms with Crippen LogP contribution in [-0.4, -0.2) is 29.0 Å². The number of methoxy groups -OCH3 is 1. The van der Waals surface area contributed by atoms with Crippen molar-refractivity contribution in [2.45, 2.75) is 19.9 Å². The maximum atomic E-state index is 13.2. The highest BCUT2D eigenvalue weighted by Gasteiger charge is 2.47. The Bertz CT molecular complexity index is 1240. The Morgan fingerprint density at radius 3 is 2.31 bits per heavy atom. The monoisotopic (exact) mass is 429 g/mol. The number of anilines is 1. The van der Waals surface area contributed by atoms with Crippen LogP contribution in [0.3, 0.4) is 0 Å². The average molecular weight is 429 g/mol. The molecule has 0 saturated carbocycles. The number of carbonyl (C=O) groups is 2. The molecule has 6 heteroatoms. The van der Waals surface area contributed by atoms with Gasteiger partial charge in [0.25, 0.3) is 11.7 Å². The van der Waals surface area contributed by atoms with Crippen molar-refractivity contribution in [1.29, 1.82) is 0 Å². The third-order valence-corrected chi connectivity index (χ3v) is 5.77. The third-order valence-electron chi connectivity index (χ3n) is 5.77. The smallest absolute Gasteiger partial charge is 0.300 e. The zero-order chi connectivity index (χ0) is 23.0. The molecule has 3 aromatic carbocycles. The summed E-state index contributed by atoms with van der Waals surface area (Å²) >= 11 is 0. The lowest BCUT2D eigenvalue weighted by molar-refractivity contribution is -0.132. The first-order chi connectivity index (χ1) is 15.3. The van der Waals surface area contributed by atoms with Crippen LogP contribution in [0, 0.1) is 13.8 Å². The Balaban J connectivity index is 1.95. The minimum absolute atomic E-state index is 0.0211. The van der Waals surface area contributed by atoms with E-state index in [4.69, 9.17) is 4.74 Å². The number of ether oxygens (including phenoxy) is 1. The first-order valence-electron chi connectivity index (χ1n) is 10.1. The number of benzene rings is 3. The topological polar surface area (TPSA) is 87.1 Å². The minimum atomic E-state index is -0.857. The number of aromatic hydroxyl groups is 1. The molecule has 0 aromatic heterocycles. The number of hydrogen-bond acceptors (Lipinski definition) is 5. The van der Waals surface area contributed by atoms with Gasteiger partial charge < -0.3 is 14.9 Å². The molecule has 0 aliphatic carbocycles. The van der Waals surface area contributed by atoms with Crippen molar-refractivity contribution in [3.05, 3.63) is 94.6 Å². The maximum Gasteiger partial charge on any atom is 0.300 e. The lowest BCUT2D eigenvalue weighted by Gasteiger charge is -2.26. The van der Waals surface area contributed by atoms with Crippen molar-refractivity contribution >= 4 is 23.1 Å². The van der Waals surface area contributed by atoms with Crippen molar-refractivity contribution in [3.63, 3.8) is 0 Å². The molecule has 1 fully saturated rings. The molecule has 1 amide bonds. The molecule has 1 unspecified atom stereocenters. The second-order valence-electron chi connectivity index (χ2n) is 7.76. The summed E-state index contributed by atoms with van der Waals surface area (Å²) in [4.78, 5) is 27.7. The van der Waals surface area contributed by atoms with Crippen LogP contribution >= 0.6 is 0 Å². The number of aliphatic hydroxyl groups is 1. The fourth-order valence-corrected chi connectivity index (χ4v) is 3.87. The van der Waals surface area contributed by atoms with E-state index in [1.54, 1.807) is 42.5 Å². The lowest BCUT2D eigenvalue weighted by atomic mass is 9.95. The fraction of sp³-hybridized carbons (Fsp3) is 0.154. The molecule has 1 heterocycles. The minimum Gasteiger partial charge on any atom is -0.508 e. The molecule has 2 N–H and O–H groups in total. The Labute approximate surface area is 186 Å². The number of aryl methyl sites for hydroxylation is 2. The highest BCUT2D eigenvalue weighted by atomic mass is 16.5. The van der Waals surface area contributed by atoms with E-state index in [0.717, 1.165) is 11.1 Å². The van der Waals surface area contributed by atoms with Gasteiger partial charge in [-0.25, -0.2) is 0 Å². The predicted octanol–water partition coefficient (Wildman–Crippen LogP) is 4.64. The van der Waals surface area contributed by atoms with Crippen LogP contribution in [0.15, 0.2) is 72.3 Å². The fourth-order valence-electron chi connectivity index (χ4n) is 3.87. The Hall–Kier alpha value is -4.06. The number of rotatable bonds is 4. The van der Waals surface area contributed by atoms with E-state index in [2.05, 4.69) is 0 Å². The van der Waals surface area contributed by atoms with Gasteiger partial charge in [-0.3, -0.25) is 14.5 Å². The van der Waals surface area contributed by atoms with Gasteiger partial charge in [0.15, 0.2) is 0 Å². The maximum absolute atomic E-state index is 13.2. The van der Waals surface area contributed by atoms with E-state index >= 15 is 0 Å². The SMILES string of the molecule is COc1cccc(/C(O)=C2\C(=O)C(=O)N(c3ccc(C)c(C)c3)C2c2ccc(O)cc2)c1. The molecule has 3 aromatic rings. The largest absolute Gasteiger partial charge is 0.508 e. The molecule has 1 atom stereocenters. The quantitative estimate of drug-likeness (QED) is 0.358. The van der Waals surface area contributed by atoms with Crippen LogP contribution in [0.25, 0.3) is 5.76 Å². The van der Waals surface area contributed by atoms with Crippen LogP contribution in [0.1, 0.15) is 28.3 Å². The summed E-state index contributed by atoms with van der Waals surface area (Å²) in [5, 5.41) is 20.9. The van der Waals surface area contributed by atoms with Gasteiger partial charge in [-0.15, -0.1) is 0 Å². The Morgan fingerprint density at radius 2 is 1.66 bits per heavy atom. The van der Waals surface area contributed by atoms with E-state index in [9.17, 15) is 19.8 Å². The highest BCUT2D eigenvalue weighted by molar-refractivity contribution is 6.51. The van der Waals surface area contributed by atoms with E-state index in [-0.39, 0.29) is 17.1 Å². The number of aliphatic hydroxyl groups excluding tert-OH is 1. The summed E-state index contributed by atoms with van der Waals surface area (Å²) in [6, 6.07) is 17.6. The van der Waals surface area contributed by atoms with Crippen molar-refractivity contribution in [2.24, 2.45) is 0 Å². The Kier molecular flexibility index (Phi) is 5.45. The molecule has 32 heavy (non-hydrogen) atoms.